The van der Waals surface area contributed by atoms with Crippen LogP contribution in [0.1, 0.15) is 56.4 Å². The van der Waals surface area contributed by atoms with Gasteiger partial charge in [0, 0.05) is 36.8 Å². The maximum atomic E-state index is 12.9. The smallest absolute Gasteiger partial charge is 0.255 e. The van der Waals surface area contributed by atoms with Gasteiger partial charge in [0.15, 0.2) is 0 Å². The molecule has 1 fully saturated rings. The molecule has 1 aromatic carbocycles. The number of rotatable bonds is 1. The molecule has 5 rings (SSSR count). The van der Waals surface area contributed by atoms with Gasteiger partial charge in [0.2, 0.25) is 0 Å². The van der Waals surface area contributed by atoms with Crippen molar-refractivity contribution in [1.29, 1.82) is 0 Å². The zero-order valence-corrected chi connectivity index (χ0v) is 17.8. The predicted molar refractivity (Wildman–Crippen MR) is 120 cm³/mol. The van der Waals surface area contributed by atoms with Crippen LogP contribution in [-0.2, 0) is 6.42 Å². The molecule has 0 radical (unpaired) electrons. The Hall–Kier alpha value is -2.76. The second-order valence-electron chi connectivity index (χ2n) is 8.10. The van der Waals surface area contributed by atoms with Crippen LogP contribution >= 0.6 is 11.3 Å². The van der Waals surface area contributed by atoms with Gasteiger partial charge in [-0.3, -0.25) is 9.78 Å². The molecule has 2 aliphatic rings. The Morgan fingerprint density at radius 3 is 2.73 bits per heavy atom. The van der Waals surface area contributed by atoms with Crippen molar-refractivity contribution in [3.05, 3.63) is 92.4 Å². The van der Waals surface area contributed by atoms with Crippen molar-refractivity contribution in [2.75, 3.05) is 13.1 Å². The maximum absolute atomic E-state index is 12.9. The second kappa shape index (κ2) is 7.82. The van der Waals surface area contributed by atoms with Gasteiger partial charge in [0.1, 0.15) is 0 Å². The Kier molecular flexibility index (Phi) is 5.01. The number of carbonyl (C=O) groups excluding carboxylic acids is 1. The topological polar surface area (TPSA) is 53.4 Å². The van der Waals surface area contributed by atoms with E-state index in [0.717, 1.165) is 28.8 Å². The fourth-order valence-corrected chi connectivity index (χ4v) is 5.53. The molecule has 1 amide bonds. The second-order valence-corrected chi connectivity index (χ2v) is 9.05. The van der Waals surface area contributed by atoms with Gasteiger partial charge in [0.25, 0.3) is 5.91 Å². The van der Waals surface area contributed by atoms with E-state index < -0.39 is 6.10 Å². The lowest BCUT2D eigenvalue weighted by molar-refractivity contribution is 0.0743. The molecule has 1 aliphatic heterocycles. The van der Waals surface area contributed by atoms with Gasteiger partial charge in [-0.25, -0.2) is 0 Å². The van der Waals surface area contributed by atoms with Crippen LogP contribution in [0.4, 0.5) is 0 Å². The van der Waals surface area contributed by atoms with Crippen molar-refractivity contribution in [3.63, 3.8) is 0 Å². The predicted octanol–water partition coefficient (Wildman–Crippen LogP) is 4.78. The number of amides is 1. The third-order valence-corrected chi connectivity index (χ3v) is 7.11. The first-order chi connectivity index (χ1) is 14.6. The van der Waals surface area contributed by atoms with Gasteiger partial charge in [-0.05, 0) is 65.1 Å². The highest BCUT2D eigenvalue weighted by atomic mass is 32.1. The summed E-state index contributed by atoms with van der Waals surface area (Å²) in [5, 5.41) is 12.9. The molecule has 0 spiro atoms. The average molecular weight is 417 g/mol. The summed E-state index contributed by atoms with van der Waals surface area (Å²) >= 11 is 1.63. The molecular formula is C25H24N2O2S. The monoisotopic (exact) mass is 416 g/mol. The van der Waals surface area contributed by atoms with E-state index in [1.165, 1.54) is 22.3 Å². The van der Waals surface area contributed by atoms with E-state index in [9.17, 15) is 9.90 Å². The number of aliphatic hydroxyl groups is 1. The van der Waals surface area contributed by atoms with Crippen molar-refractivity contribution in [3.8, 4) is 0 Å². The number of thiophene rings is 1. The third-order valence-electron chi connectivity index (χ3n) is 6.10. The van der Waals surface area contributed by atoms with E-state index in [1.807, 2.05) is 24.0 Å². The molecule has 0 saturated carbocycles. The van der Waals surface area contributed by atoms with Gasteiger partial charge in [-0.1, -0.05) is 29.8 Å². The Balaban J connectivity index is 1.49. The Labute approximate surface area is 180 Å². The Bertz CT molecular complexity index is 1140. The number of hydrogen-bond acceptors (Lipinski definition) is 4. The highest BCUT2D eigenvalue weighted by Gasteiger charge is 2.29. The molecule has 30 heavy (non-hydrogen) atoms. The number of benzene rings is 1. The summed E-state index contributed by atoms with van der Waals surface area (Å²) < 4.78 is 0. The minimum absolute atomic E-state index is 0.0585. The third kappa shape index (κ3) is 3.38. The summed E-state index contributed by atoms with van der Waals surface area (Å²) in [6, 6.07) is 12.5. The van der Waals surface area contributed by atoms with Crippen molar-refractivity contribution >= 4 is 22.8 Å². The summed E-state index contributed by atoms with van der Waals surface area (Å²) in [5.74, 6) is 0.0585. The molecule has 1 unspecified atom stereocenters. The minimum Gasteiger partial charge on any atom is -0.387 e. The molecule has 152 valence electrons. The van der Waals surface area contributed by atoms with Crippen LogP contribution in [0.2, 0.25) is 0 Å². The number of pyridine rings is 1. The highest BCUT2D eigenvalue weighted by Crippen LogP contribution is 2.43. The summed E-state index contributed by atoms with van der Waals surface area (Å²) in [7, 11) is 0. The zero-order valence-electron chi connectivity index (χ0n) is 17.0. The minimum atomic E-state index is -0.463. The summed E-state index contributed by atoms with van der Waals surface area (Å²) in [5.41, 5.74) is 7.89. The summed E-state index contributed by atoms with van der Waals surface area (Å²) in [6.07, 6.45) is 5.30. The van der Waals surface area contributed by atoms with E-state index in [0.29, 0.717) is 25.1 Å². The molecule has 5 heteroatoms. The van der Waals surface area contributed by atoms with E-state index in [4.69, 9.17) is 0 Å². The fourth-order valence-electron chi connectivity index (χ4n) is 4.64. The summed E-state index contributed by atoms with van der Waals surface area (Å²) in [6.45, 7) is 3.37. The molecule has 1 N–H and O–H groups in total. The number of aliphatic hydroxyl groups excluding tert-OH is 1. The first kappa shape index (κ1) is 19.2. The Morgan fingerprint density at radius 1 is 1.13 bits per heavy atom. The lowest BCUT2D eigenvalue weighted by Crippen LogP contribution is -2.36. The van der Waals surface area contributed by atoms with Crippen LogP contribution in [0.15, 0.2) is 59.7 Å². The molecule has 4 nitrogen and oxygen atoms in total. The molecule has 1 aliphatic carbocycles. The number of aryl methyl sites for hydroxylation is 1. The lowest BCUT2D eigenvalue weighted by atomic mass is 9.87. The van der Waals surface area contributed by atoms with E-state index in [-0.39, 0.29) is 5.91 Å². The quantitative estimate of drug-likeness (QED) is 0.621. The van der Waals surface area contributed by atoms with Crippen LogP contribution < -0.4 is 0 Å². The summed E-state index contributed by atoms with van der Waals surface area (Å²) in [4.78, 5) is 20.1. The van der Waals surface area contributed by atoms with Crippen LogP contribution in [0.5, 0.6) is 0 Å². The molecule has 1 atom stereocenters. The van der Waals surface area contributed by atoms with Gasteiger partial charge in [-0.15, -0.1) is 11.3 Å². The van der Waals surface area contributed by atoms with Gasteiger partial charge >= 0.3 is 0 Å². The molecule has 2 aromatic heterocycles. The van der Waals surface area contributed by atoms with Gasteiger partial charge in [0.05, 0.1) is 11.7 Å². The van der Waals surface area contributed by atoms with Crippen LogP contribution in [-0.4, -0.2) is 34.0 Å². The molecule has 0 bridgehead atoms. The number of aromatic nitrogens is 1. The lowest BCUT2D eigenvalue weighted by Gasteiger charge is -2.30. The molecule has 3 aromatic rings. The standard InChI is InChI=1S/C25H24N2O2S/c1-16-12-19(15-26-14-16)25(29)27-9-6-17(7-10-27)23-20-5-3-2-4-18(20)13-22(28)24-21(23)8-11-30-24/h2-5,8,11-12,14-15,22,28H,6-7,9-10,13H2,1H3. The van der Waals surface area contributed by atoms with Crippen LogP contribution in [0.3, 0.4) is 0 Å². The highest BCUT2D eigenvalue weighted by molar-refractivity contribution is 7.10. The average Bonchev–Trinajstić information content (AvgIpc) is 3.21. The number of hydrogen-bond donors (Lipinski definition) is 1. The van der Waals surface area contributed by atoms with Crippen molar-refractivity contribution in [2.45, 2.75) is 32.3 Å². The number of carbonyl (C=O) groups is 1. The molecule has 3 heterocycles. The number of likely N-dealkylation sites (tertiary alicyclic amines) is 1. The first-order valence-electron chi connectivity index (χ1n) is 10.4. The maximum Gasteiger partial charge on any atom is 0.255 e. The van der Waals surface area contributed by atoms with Crippen molar-refractivity contribution in [1.82, 2.24) is 9.88 Å². The van der Waals surface area contributed by atoms with Gasteiger partial charge in [-0.2, -0.15) is 0 Å². The van der Waals surface area contributed by atoms with E-state index in [1.54, 1.807) is 23.7 Å². The van der Waals surface area contributed by atoms with E-state index >= 15 is 0 Å². The molecular weight excluding hydrogens is 392 g/mol. The molecule has 1 saturated heterocycles. The number of piperidine rings is 1. The van der Waals surface area contributed by atoms with E-state index in [2.05, 4.69) is 34.6 Å². The number of fused-ring (bicyclic) bond motifs is 2. The first-order valence-corrected chi connectivity index (χ1v) is 11.3. The van der Waals surface area contributed by atoms with Crippen LogP contribution in [0, 0.1) is 6.92 Å². The van der Waals surface area contributed by atoms with Crippen molar-refractivity contribution < 1.29 is 9.90 Å². The SMILES string of the molecule is Cc1cncc(C(=O)N2CCC(=C3c4ccccc4CC(O)c4sccc43)CC2)c1. The van der Waals surface area contributed by atoms with Gasteiger partial charge < -0.3 is 10.0 Å². The number of nitrogens with zero attached hydrogens (tertiary/aromatic N) is 2. The van der Waals surface area contributed by atoms with Crippen LogP contribution in [0.25, 0.3) is 5.57 Å². The largest absolute Gasteiger partial charge is 0.387 e. The normalized spacial score (nSPS) is 18.6. The fraction of sp³-hybridized carbons (Fsp3) is 0.280. The Morgan fingerprint density at radius 2 is 1.93 bits per heavy atom. The van der Waals surface area contributed by atoms with Crippen molar-refractivity contribution in [2.24, 2.45) is 0 Å². The zero-order chi connectivity index (χ0) is 20.7.